The molecule has 0 fully saturated rings. The molecule has 0 amide bonds. The van der Waals surface area contributed by atoms with Gasteiger partial charge in [-0.1, -0.05) is 19.9 Å². The number of hydrogen-bond acceptors (Lipinski definition) is 3. The zero-order valence-corrected chi connectivity index (χ0v) is 12.9. The summed E-state index contributed by atoms with van der Waals surface area (Å²) in [4.78, 5) is 7.11. The third kappa shape index (κ3) is 6.17. The molecule has 3 heteroatoms. The normalized spacial score (nSPS) is 12.9. The first-order valence-corrected chi connectivity index (χ1v) is 7.54. The quantitative estimate of drug-likeness (QED) is 0.694. The number of aromatic nitrogens is 1. The van der Waals surface area contributed by atoms with Gasteiger partial charge in [-0.15, -0.1) is 0 Å². The molecule has 108 valence electrons. The highest BCUT2D eigenvalue weighted by molar-refractivity contribution is 5.09. The van der Waals surface area contributed by atoms with Crippen molar-refractivity contribution in [3.63, 3.8) is 0 Å². The van der Waals surface area contributed by atoms with Crippen molar-refractivity contribution in [3.05, 3.63) is 29.6 Å². The van der Waals surface area contributed by atoms with Crippen LogP contribution in [-0.4, -0.2) is 35.6 Å². The molecule has 19 heavy (non-hydrogen) atoms. The fourth-order valence-electron chi connectivity index (χ4n) is 2.36. The van der Waals surface area contributed by atoms with E-state index in [1.54, 1.807) is 0 Å². The zero-order valence-electron chi connectivity index (χ0n) is 12.9. The Labute approximate surface area is 118 Å². The number of hydrogen-bond donors (Lipinski definition) is 1. The van der Waals surface area contributed by atoms with Crippen molar-refractivity contribution in [3.8, 4) is 0 Å². The average Bonchev–Trinajstić information content (AvgIpc) is 2.41. The maximum absolute atomic E-state index is 4.60. The van der Waals surface area contributed by atoms with Crippen molar-refractivity contribution in [2.24, 2.45) is 0 Å². The first-order valence-electron chi connectivity index (χ1n) is 7.54. The molecule has 1 aromatic heterocycles. The van der Waals surface area contributed by atoms with Gasteiger partial charge in [-0.2, -0.15) is 0 Å². The lowest BCUT2D eigenvalue weighted by Gasteiger charge is -2.27. The van der Waals surface area contributed by atoms with Gasteiger partial charge in [0, 0.05) is 18.3 Å². The number of aryl methyl sites for hydroxylation is 1. The minimum absolute atomic E-state index is 0.617. The molecule has 1 N–H and O–H groups in total. The van der Waals surface area contributed by atoms with Gasteiger partial charge >= 0.3 is 0 Å². The Bertz CT molecular complexity index is 352. The van der Waals surface area contributed by atoms with Crippen molar-refractivity contribution < 1.29 is 0 Å². The average molecular weight is 263 g/mol. The summed E-state index contributed by atoms with van der Waals surface area (Å²) in [5.74, 6) is 0. The third-order valence-electron chi connectivity index (χ3n) is 3.57. The van der Waals surface area contributed by atoms with E-state index in [0.29, 0.717) is 6.04 Å². The Morgan fingerprint density at radius 1 is 1.32 bits per heavy atom. The van der Waals surface area contributed by atoms with Gasteiger partial charge in [0.2, 0.25) is 0 Å². The van der Waals surface area contributed by atoms with Crippen molar-refractivity contribution in [2.75, 3.05) is 19.6 Å². The molecule has 0 aliphatic heterocycles. The van der Waals surface area contributed by atoms with E-state index < -0.39 is 0 Å². The first kappa shape index (κ1) is 16.1. The maximum atomic E-state index is 4.60. The van der Waals surface area contributed by atoms with Crippen LogP contribution < -0.4 is 5.32 Å². The van der Waals surface area contributed by atoms with Crippen LogP contribution in [0.5, 0.6) is 0 Å². The van der Waals surface area contributed by atoms with Crippen LogP contribution in [0.25, 0.3) is 0 Å². The molecule has 0 radical (unpaired) electrons. The summed E-state index contributed by atoms with van der Waals surface area (Å²) >= 11 is 0. The summed E-state index contributed by atoms with van der Waals surface area (Å²) in [6.07, 6.45) is 2.49. The van der Waals surface area contributed by atoms with Gasteiger partial charge in [-0.3, -0.25) is 9.88 Å². The van der Waals surface area contributed by atoms with Crippen LogP contribution in [0, 0.1) is 6.92 Å². The zero-order chi connectivity index (χ0) is 14.1. The topological polar surface area (TPSA) is 28.2 Å². The van der Waals surface area contributed by atoms with Gasteiger partial charge in [-0.05, 0) is 58.5 Å². The molecule has 1 unspecified atom stereocenters. The Kier molecular flexibility index (Phi) is 7.68. The van der Waals surface area contributed by atoms with E-state index in [9.17, 15) is 0 Å². The Morgan fingerprint density at radius 2 is 2.11 bits per heavy atom. The van der Waals surface area contributed by atoms with Crippen molar-refractivity contribution >= 4 is 0 Å². The molecule has 1 rings (SSSR count). The van der Waals surface area contributed by atoms with Crippen LogP contribution in [-0.2, 0) is 6.54 Å². The second-order valence-corrected chi connectivity index (χ2v) is 5.18. The fraction of sp³-hybridized carbons (Fsp3) is 0.688. The molecule has 0 aliphatic carbocycles. The van der Waals surface area contributed by atoms with E-state index in [2.05, 4.69) is 61.1 Å². The smallest absolute Gasteiger partial charge is 0.0547 e. The largest absolute Gasteiger partial charge is 0.317 e. The van der Waals surface area contributed by atoms with Crippen molar-refractivity contribution in [2.45, 2.75) is 53.1 Å². The number of nitrogens with one attached hydrogen (secondary N) is 1. The van der Waals surface area contributed by atoms with Crippen LogP contribution in [0.15, 0.2) is 18.2 Å². The van der Waals surface area contributed by atoms with E-state index >= 15 is 0 Å². The van der Waals surface area contributed by atoms with Crippen molar-refractivity contribution in [1.82, 2.24) is 15.2 Å². The summed E-state index contributed by atoms with van der Waals surface area (Å²) in [6, 6.07) is 6.90. The van der Waals surface area contributed by atoms with Crippen LogP contribution in [0.3, 0.4) is 0 Å². The highest BCUT2D eigenvalue weighted by Crippen LogP contribution is 2.10. The Balaban J connectivity index is 2.43. The van der Waals surface area contributed by atoms with Crippen LogP contribution in [0.1, 0.15) is 45.0 Å². The first-order chi connectivity index (χ1) is 9.17. The molecule has 0 aromatic carbocycles. The highest BCUT2D eigenvalue weighted by Gasteiger charge is 2.12. The molecule has 0 spiro atoms. The SMILES string of the molecule is CCNCCCC(C)N(CC)Cc1cccc(C)n1. The fourth-order valence-corrected chi connectivity index (χ4v) is 2.36. The van der Waals surface area contributed by atoms with Crippen LogP contribution in [0.4, 0.5) is 0 Å². The molecular weight excluding hydrogens is 234 g/mol. The summed E-state index contributed by atoms with van der Waals surface area (Å²) in [5, 5.41) is 3.39. The molecule has 1 heterocycles. The maximum Gasteiger partial charge on any atom is 0.0547 e. The molecule has 0 saturated carbocycles. The highest BCUT2D eigenvalue weighted by atomic mass is 15.1. The monoisotopic (exact) mass is 263 g/mol. The summed E-state index contributed by atoms with van der Waals surface area (Å²) in [6.45, 7) is 13.0. The molecular formula is C16H29N3. The van der Waals surface area contributed by atoms with Gasteiger partial charge in [0.1, 0.15) is 0 Å². The number of rotatable bonds is 9. The van der Waals surface area contributed by atoms with Crippen LogP contribution in [0.2, 0.25) is 0 Å². The molecule has 0 aliphatic rings. The molecule has 0 saturated heterocycles. The number of nitrogens with zero attached hydrogens (tertiary/aromatic N) is 2. The minimum atomic E-state index is 0.617. The van der Waals surface area contributed by atoms with E-state index in [4.69, 9.17) is 0 Å². The van der Waals surface area contributed by atoms with Gasteiger partial charge in [-0.25, -0.2) is 0 Å². The third-order valence-corrected chi connectivity index (χ3v) is 3.57. The predicted molar refractivity (Wildman–Crippen MR) is 82.3 cm³/mol. The van der Waals surface area contributed by atoms with Gasteiger partial charge < -0.3 is 5.32 Å². The Morgan fingerprint density at radius 3 is 2.74 bits per heavy atom. The molecule has 1 atom stereocenters. The lowest BCUT2D eigenvalue weighted by Crippen LogP contribution is -2.33. The molecule has 0 bridgehead atoms. The van der Waals surface area contributed by atoms with Crippen LogP contribution >= 0.6 is 0 Å². The van der Waals surface area contributed by atoms with Gasteiger partial charge in [0.15, 0.2) is 0 Å². The van der Waals surface area contributed by atoms with E-state index in [1.165, 1.54) is 18.5 Å². The summed E-state index contributed by atoms with van der Waals surface area (Å²) < 4.78 is 0. The van der Waals surface area contributed by atoms with Crippen molar-refractivity contribution in [1.29, 1.82) is 0 Å². The Hall–Kier alpha value is -0.930. The molecule has 1 aromatic rings. The standard InChI is InChI=1S/C16H29N3/c1-5-17-12-8-10-15(4)19(6-2)13-16-11-7-9-14(3)18-16/h7,9,11,15,17H,5-6,8,10,12-13H2,1-4H3. The summed E-state index contributed by atoms with van der Waals surface area (Å²) in [5.41, 5.74) is 2.29. The lowest BCUT2D eigenvalue weighted by molar-refractivity contribution is 0.196. The number of pyridine rings is 1. The second kappa shape index (κ2) is 9.05. The predicted octanol–water partition coefficient (Wildman–Crippen LogP) is 2.99. The minimum Gasteiger partial charge on any atom is -0.317 e. The van der Waals surface area contributed by atoms with E-state index in [0.717, 1.165) is 31.9 Å². The van der Waals surface area contributed by atoms with E-state index in [1.807, 2.05) is 0 Å². The second-order valence-electron chi connectivity index (χ2n) is 5.18. The summed E-state index contributed by atoms with van der Waals surface area (Å²) in [7, 11) is 0. The van der Waals surface area contributed by atoms with E-state index in [-0.39, 0.29) is 0 Å². The lowest BCUT2D eigenvalue weighted by atomic mass is 10.1. The molecule has 3 nitrogen and oxygen atoms in total. The van der Waals surface area contributed by atoms with Gasteiger partial charge in [0.25, 0.3) is 0 Å². The van der Waals surface area contributed by atoms with Gasteiger partial charge in [0.05, 0.1) is 5.69 Å².